The normalized spacial score (nSPS) is 15.9. The highest BCUT2D eigenvalue weighted by Gasteiger charge is 2.27. The van der Waals surface area contributed by atoms with E-state index in [2.05, 4.69) is 5.16 Å². The predicted octanol–water partition coefficient (Wildman–Crippen LogP) is 2.75. The smallest absolute Gasteiger partial charge is 0.254 e. The fourth-order valence-electron chi connectivity index (χ4n) is 3.17. The first-order valence-corrected chi connectivity index (χ1v) is 8.40. The van der Waals surface area contributed by atoms with Gasteiger partial charge in [-0.2, -0.15) is 0 Å². The monoisotopic (exact) mass is 329 g/mol. The third-order valence-electron chi connectivity index (χ3n) is 4.58. The molecule has 0 N–H and O–H groups in total. The Kier molecular flexibility index (Phi) is 4.55. The lowest BCUT2D eigenvalue weighted by molar-refractivity contribution is 0.0705. The quantitative estimate of drug-likeness (QED) is 0.868. The minimum atomic E-state index is -0.136. The summed E-state index contributed by atoms with van der Waals surface area (Å²) >= 11 is 0. The van der Waals surface area contributed by atoms with Gasteiger partial charge in [-0.1, -0.05) is 5.16 Å². The van der Waals surface area contributed by atoms with Gasteiger partial charge in [-0.15, -0.1) is 0 Å². The molecule has 24 heavy (non-hydrogen) atoms. The molecule has 0 aliphatic carbocycles. The van der Waals surface area contributed by atoms with Gasteiger partial charge in [0.1, 0.15) is 5.76 Å². The number of carbonyl (C=O) groups is 1. The van der Waals surface area contributed by atoms with Crippen LogP contribution in [0.5, 0.6) is 0 Å². The molecule has 1 amide bonds. The molecule has 0 bridgehead atoms. The summed E-state index contributed by atoms with van der Waals surface area (Å²) in [5, 5.41) is 3.93. The average molecular weight is 329 g/mol. The first-order valence-electron chi connectivity index (χ1n) is 8.40. The Morgan fingerprint density at radius 1 is 1.29 bits per heavy atom. The number of aryl methyl sites for hydroxylation is 1. The van der Waals surface area contributed by atoms with Gasteiger partial charge in [-0.3, -0.25) is 9.59 Å². The number of carbonyl (C=O) groups excluding carboxylic acids is 1. The molecule has 0 radical (unpaired) electrons. The summed E-state index contributed by atoms with van der Waals surface area (Å²) in [5.41, 5.74) is 1.21. The zero-order valence-electron chi connectivity index (χ0n) is 14.4. The van der Waals surface area contributed by atoms with Crippen LogP contribution in [0.15, 0.2) is 33.7 Å². The molecule has 0 aromatic carbocycles. The molecule has 128 valence electrons. The van der Waals surface area contributed by atoms with Gasteiger partial charge in [-0.25, -0.2) is 0 Å². The lowest BCUT2D eigenvalue weighted by Gasteiger charge is -2.31. The minimum Gasteiger partial charge on any atom is -0.361 e. The van der Waals surface area contributed by atoms with Gasteiger partial charge >= 0.3 is 0 Å². The maximum Gasteiger partial charge on any atom is 0.254 e. The van der Waals surface area contributed by atoms with Crippen molar-refractivity contribution in [1.82, 2.24) is 14.6 Å². The standard InChI is InChI=1S/C18H23N3O3/c1-12(2)21-9-6-15(11-17(21)22)18(23)20-7-4-14(5-8-20)16-10-13(3)19-24-16/h6,9-12,14H,4-5,7-8H2,1-3H3. The number of amides is 1. The third kappa shape index (κ3) is 3.27. The Hall–Kier alpha value is -2.37. The van der Waals surface area contributed by atoms with Crippen molar-refractivity contribution in [1.29, 1.82) is 0 Å². The van der Waals surface area contributed by atoms with Crippen molar-refractivity contribution in [2.75, 3.05) is 13.1 Å². The Morgan fingerprint density at radius 2 is 2.00 bits per heavy atom. The Morgan fingerprint density at radius 3 is 2.54 bits per heavy atom. The predicted molar refractivity (Wildman–Crippen MR) is 90.2 cm³/mol. The molecular formula is C18H23N3O3. The van der Waals surface area contributed by atoms with Crippen molar-refractivity contribution >= 4 is 5.91 Å². The highest BCUT2D eigenvalue weighted by Crippen LogP contribution is 2.28. The molecule has 0 saturated carbocycles. The molecule has 0 unspecified atom stereocenters. The summed E-state index contributed by atoms with van der Waals surface area (Å²) in [6.45, 7) is 7.12. The van der Waals surface area contributed by atoms with Crippen molar-refractivity contribution in [3.8, 4) is 0 Å². The highest BCUT2D eigenvalue weighted by molar-refractivity contribution is 5.94. The van der Waals surface area contributed by atoms with Crippen LogP contribution < -0.4 is 5.56 Å². The Labute approximate surface area is 141 Å². The van der Waals surface area contributed by atoms with E-state index in [4.69, 9.17) is 4.52 Å². The van der Waals surface area contributed by atoms with Gasteiger partial charge in [0.2, 0.25) is 0 Å². The van der Waals surface area contributed by atoms with Gasteiger partial charge in [0.25, 0.3) is 11.5 Å². The molecule has 2 aromatic heterocycles. The van der Waals surface area contributed by atoms with E-state index in [0.717, 1.165) is 24.3 Å². The summed E-state index contributed by atoms with van der Waals surface area (Å²) in [6, 6.07) is 5.22. The summed E-state index contributed by atoms with van der Waals surface area (Å²) in [4.78, 5) is 26.5. The number of hydrogen-bond acceptors (Lipinski definition) is 4. The highest BCUT2D eigenvalue weighted by atomic mass is 16.5. The van der Waals surface area contributed by atoms with E-state index in [1.54, 1.807) is 16.8 Å². The van der Waals surface area contributed by atoms with Crippen LogP contribution in [0.25, 0.3) is 0 Å². The van der Waals surface area contributed by atoms with Crippen LogP contribution in [0.4, 0.5) is 0 Å². The van der Waals surface area contributed by atoms with E-state index in [-0.39, 0.29) is 17.5 Å². The van der Waals surface area contributed by atoms with Gasteiger partial charge < -0.3 is 14.0 Å². The van der Waals surface area contributed by atoms with Crippen LogP contribution in [0.1, 0.15) is 60.5 Å². The summed E-state index contributed by atoms with van der Waals surface area (Å²) in [7, 11) is 0. The maximum absolute atomic E-state index is 12.6. The maximum atomic E-state index is 12.6. The van der Waals surface area contributed by atoms with Crippen molar-refractivity contribution in [3.63, 3.8) is 0 Å². The van der Waals surface area contributed by atoms with Crippen LogP contribution in [-0.4, -0.2) is 33.6 Å². The van der Waals surface area contributed by atoms with Crippen LogP contribution in [0, 0.1) is 6.92 Å². The molecule has 1 aliphatic heterocycles. The van der Waals surface area contributed by atoms with E-state index in [1.807, 2.05) is 31.7 Å². The van der Waals surface area contributed by atoms with E-state index in [9.17, 15) is 9.59 Å². The first kappa shape index (κ1) is 16.5. The SMILES string of the molecule is Cc1cc(C2CCN(C(=O)c3ccn(C(C)C)c(=O)c3)CC2)on1. The lowest BCUT2D eigenvalue weighted by atomic mass is 9.94. The molecule has 0 atom stereocenters. The number of likely N-dealkylation sites (tertiary alicyclic amines) is 1. The molecule has 1 aliphatic rings. The second-order valence-electron chi connectivity index (χ2n) is 6.69. The summed E-state index contributed by atoms with van der Waals surface area (Å²) in [6.07, 6.45) is 3.40. The second-order valence-corrected chi connectivity index (χ2v) is 6.69. The Bertz CT molecular complexity index is 783. The average Bonchev–Trinajstić information content (AvgIpc) is 3.00. The van der Waals surface area contributed by atoms with E-state index < -0.39 is 0 Å². The molecule has 1 saturated heterocycles. The van der Waals surface area contributed by atoms with Crippen LogP contribution >= 0.6 is 0 Å². The number of rotatable bonds is 3. The number of pyridine rings is 1. The zero-order valence-corrected chi connectivity index (χ0v) is 14.4. The van der Waals surface area contributed by atoms with Crippen LogP contribution in [0.3, 0.4) is 0 Å². The number of aromatic nitrogens is 2. The van der Waals surface area contributed by atoms with Crippen molar-refractivity contribution in [2.24, 2.45) is 0 Å². The number of hydrogen-bond donors (Lipinski definition) is 0. The van der Waals surface area contributed by atoms with Crippen molar-refractivity contribution in [3.05, 3.63) is 51.8 Å². The second kappa shape index (κ2) is 6.63. The molecular weight excluding hydrogens is 306 g/mol. The number of nitrogens with zero attached hydrogens (tertiary/aromatic N) is 3. The zero-order chi connectivity index (χ0) is 17.3. The van der Waals surface area contributed by atoms with Gasteiger partial charge in [0.15, 0.2) is 0 Å². The fourth-order valence-corrected chi connectivity index (χ4v) is 3.17. The number of piperidine rings is 1. The van der Waals surface area contributed by atoms with Gasteiger partial charge in [-0.05, 0) is 39.7 Å². The molecule has 6 nitrogen and oxygen atoms in total. The van der Waals surface area contributed by atoms with Crippen LogP contribution in [0.2, 0.25) is 0 Å². The minimum absolute atomic E-state index is 0.0739. The molecule has 0 spiro atoms. The molecule has 3 heterocycles. The summed E-state index contributed by atoms with van der Waals surface area (Å²) in [5.74, 6) is 1.14. The van der Waals surface area contributed by atoms with E-state index in [0.29, 0.717) is 24.6 Å². The molecule has 3 rings (SSSR count). The fraction of sp³-hybridized carbons (Fsp3) is 0.500. The van der Waals surface area contributed by atoms with Gasteiger partial charge in [0, 0.05) is 48.9 Å². The topological polar surface area (TPSA) is 68.3 Å². The van der Waals surface area contributed by atoms with E-state index in [1.165, 1.54) is 6.07 Å². The van der Waals surface area contributed by atoms with Crippen LogP contribution in [-0.2, 0) is 0 Å². The molecule has 1 fully saturated rings. The van der Waals surface area contributed by atoms with Gasteiger partial charge in [0.05, 0.1) is 5.69 Å². The molecule has 6 heteroatoms. The molecule has 2 aromatic rings. The Balaban J connectivity index is 1.67. The lowest BCUT2D eigenvalue weighted by Crippen LogP contribution is -2.38. The first-order chi connectivity index (χ1) is 11.5. The summed E-state index contributed by atoms with van der Waals surface area (Å²) < 4.78 is 6.96. The largest absolute Gasteiger partial charge is 0.361 e. The van der Waals surface area contributed by atoms with Crippen molar-refractivity contribution in [2.45, 2.75) is 45.6 Å². The van der Waals surface area contributed by atoms with E-state index >= 15 is 0 Å². The third-order valence-corrected chi connectivity index (χ3v) is 4.58. The van der Waals surface area contributed by atoms with Crippen molar-refractivity contribution < 1.29 is 9.32 Å².